The molecule has 5 heteroatoms. The van der Waals surface area contributed by atoms with Crippen LogP contribution in [-0.2, 0) is 21.1 Å². The van der Waals surface area contributed by atoms with Crippen molar-refractivity contribution in [2.24, 2.45) is 5.92 Å². The van der Waals surface area contributed by atoms with Gasteiger partial charge >= 0.3 is 0 Å². The van der Waals surface area contributed by atoms with Crippen molar-refractivity contribution in [2.45, 2.75) is 19.8 Å². The minimum atomic E-state index is -3.08. The molecule has 0 aromatic heterocycles. The van der Waals surface area contributed by atoms with E-state index in [0.717, 1.165) is 12.1 Å². The van der Waals surface area contributed by atoms with Gasteiger partial charge in [0.25, 0.3) is 0 Å². The maximum absolute atomic E-state index is 11.8. The van der Waals surface area contributed by atoms with Crippen LogP contribution in [0.5, 0.6) is 0 Å². The van der Waals surface area contributed by atoms with Crippen LogP contribution in [0, 0.1) is 5.92 Å². The maximum Gasteiger partial charge on any atom is 0.224 e. The molecule has 1 amide bonds. The molecule has 0 saturated heterocycles. The number of amides is 1. The van der Waals surface area contributed by atoms with Crippen LogP contribution < -0.4 is 5.32 Å². The van der Waals surface area contributed by atoms with Gasteiger partial charge in [0.15, 0.2) is 9.84 Å². The van der Waals surface area contributed by atoms with Gasteiger partial charge in [0.1, 0.15) is 0 Å². The number of rotatable bonds is 4. The third kappa shape index (κ3) is 3.92. The van der Waals surface area contributed by atoms with E-state index in [2.05, 4.69) is 12.2 Å². The van der Waals surface area contributed by atoms with Gasteiger partial charge in [-0.2, -0.15) is 0 Å². The van der Waals surface area contributed by atoms with Crippen LogP contribution in [-0.4, -0.2) is 20.1 Å². The van der Waals surface area contributed by atoms with Crippen molar-refractivity contribution in [3.05, 3.63) is 41.3 Å². The van der Waals surface area contributed by atoms with E-state index in [0.29, 0.717) is 0 Å². The lowest BCUT2D eigenvalue weighted by molar-refractivity contribution is -0.116. The van der Waals surface area contributed by atoms with Crippen LogP contribution in [0.1, 0.15) is 18.9 Å². The first-order chi connectivity index (χ1) is 8.98. The summed E-state index contributed by atoms with van der Waals surface area (Å²) in [5.74, 6) is -0.328. The second-order valence-electron chi connectivity index (χ2n) is 4.72. The second-order valence-corrected chi connectivity index (χ2v) is 6.65. The quantitative estimate of drug-likeness (QED) is 0.918. The summed E-state index contributed by atoms with van der Waals surface area (Å²) in [6.45, 7) is 2.07. The number of hydrogen-bond donors (Lipinski definition) is 1. The van der Waals surface area contributed by atoms with Gasteiger partial charge in [-0.25, -0.2) is 8.42 Å². The molecule has 1 N–H and O–H groups in total. The highest BCUT2D eigenvalue weighted by Crippen LogP contribution is 2.19. The van der Waals surface area contributed by atoms with Crippen molar-refractivity contribution in [2.75, 3.05) is 11.1 Å². The second kappa shape index (κ2) is 5.57. The zero-order chi connectivity index (χ0) is 13.9. The summed E-state index contributed by atoms with van der Waals surface area (Å²) in [6.07, 6.45) is 2.75. The Balaban J connectivity index is 1.89. The molecule has 4 nitrogen and oxygen atoms in total. The van der Waals surface area contributed by atoms with Crippen LogP contribution >= 0.6 is 0 Å². The summed E-state index contributed by atoms with van der Waals surface area (Å²) in [7, 11) is -3.08. The van der Waals surface area contributed by atoms with Gasteiger partial charge in [-0.15, -0.1) is 0 Å². The molecular weight excluding hydrogens is 262 g/mol. The first-order valence-corrected chi connectivity index (χ1v) is 8.00. The number of allylic oxidation sites excluding steroid dienone is 1. The van der Waals surface area contributed by atoms with Crippen molar-refractivity contribution in [3.8, 4) is 0 Å². The van der Waals surface area contributed by atoms with E-state index in [4.69, 9.17) is 0 Å². The third-order valence-electron chi connectivity index (χ3n) is 3.10. The van der Waals surface area contributed by atoms with Crippen LogP contribution in [0.4, 0.5) is 5.69 Å². The van der Waals surface area contributed by atoms with Crippen LogP contribution in [0.3, 0.4) is 0 Å². The van der Waals surface area contributed by atoms with Gasteiger partial charge in [0.2, 0.25) is 5.91 Å². The average Bonchev–Trinajstić information content (AvgIpc) is 2.69. The molecule has 0 aliphatic carbocycles. The Morgan fingerprint density at radius 1 is 1.32 bits per heavy atom. The van der Waals surface area contributed by atoms with Gasteiger partial charge in [-0.3, -0.25) is 4.79 Å². The first-order valence-electron chi connectivity index (χ1n) is 6.28. The molecule has 2 rings (SSSR count). The number of carbonyl (C=O) groups excluding carboxylic acids is 1. The average molecular weight is 279 g/mol. The number of aryl methyl sites for hydroxylation is 1. The van der Waals surface area contributed by atoms with Crippen molar-refractivity contribution >= 4 is 21.4 Å². The van der Waals surface area contributed by atoms with Crippen molar-refractivity contribution < 1.29 is 13.2 Å². The molecule has 0 saturated carbocycles. The van der Waals surface area contributed by atoms with Gasteiger partial charge in [0, 0.05) is 23.4 Å². The minimum Gasteiger partial charge on any atom is -0.326 e. The number of benzene rings is 1. The lowest BCUT2D eigenvalue weighted by Gasteiger charge is -2.08. The summed E-state index contributed by atoms with van der Waals surface area (Å²) in [4.78, 5) is 11.8. The fourth-order valence-corrected chi connectivity index (χ4v) is 3.44. The fourth-order valence-electron chi connectivity index (χ4n) is 2.04. The van der Waals surface area contributed by atoms with E-state index in [1.165, 1.54) is 11.0 Å². The minimum absolute atomic E-state index is 0.0369. The Labute approximate surface area is 113 Å². The summed E-state index contributed by atoms with van der Waals surface area (Å²) >= 11 is 0. The molecule has 1 aromatic carbocycles. The van der Waals surface area contributed by atoms with Gasteiger partial charge in [0.05, 0.1) is 5.75 Å². The van der Waals surface area contributed by atoms with Crippen molar-refractivity contribution in [1.29, 1.82) is 0 Å². The number of hydrogen-bond acceptors (Lipinski definition) is 3. The molecule has 1 aliphatic heterocycles. The molecule has 1 atom stereocenters. The lowest BCUT2D eigenvalue weighted by atomic mass is 10.1. The molecule has 1 unspecified atom stereocenters. The predicted molar refractivity (Wildman–Crippen MR) is 75.5 cm³/mol. The molecule has 1 aromatic rings. The smallest absolute Gasteiger partial charge is 0.224 e. The van der Waals surface area contributed by atoms with Crippen LogP contribution in [0.15, 0.2) is 35.7 Å². The molecule has 1 aliphatic rings. The largest absolute Gasteiger partial charge is 0.326 e. The van der Waals surface area contributed by atoms with Crippen LogP contribution in [0.2, 0.25) is 0 Å². The molecule has 0 spiro atoms. The number of nitrogens with one attached hydrogen (secondary N) is 1. The SMILES string of the molecule is CCc1ccc(NC(=O)CC2C=CS(=O)(=O)C2)cc1. The zero-order valence-electron chi connectivity index (χ0n) is 10.8. The third-order valence-corrected chi connectivity index (χ3v) is 4.56. The van der Waals surface area contributed by atoms with E-state index >= 15 is 0 Å². The summed E-state index contributed by atoms with van der Waals surface area (Å²) in [5.41, 5.74) is 1.95. The number of carbonyl (C=O) groups is 1. The van der Waals surface area contributed by atoms with Gasteiger partial charge < -0.3 is 5.32 Å². The number of sulfone groups is 1. The summed E-state index contributed by atoms with van der Waals surface area (Å²) in [6, 6.07) is 7.65. The highest BCUT2D eigenvalue weighted by atomic mass is 32.2. The normalized spacial score (nSPS) is 20.4. The van der Waals surface area contributed by atoms with E-state index in [1.54, 1.807) is 6.08 Å². The Morgan fingerprint density at radius 2 is 2.00 bits per heavy atom. The van der Waals surface area contributed by atoms with Crippen molar-refractivity contribution in [3.63, 3.8) is 0 Å². The van der Waals surface area contributed by atoms with E-state index in [1.807, 2.05) is 24.3 Å². The Morgan fingerprint density at radius 3 is 2.53 bits per heavy atom. The Kier molecular flexibility index (Phi) is 4.04. The van der Waals surface area contributed by atoms with E-state index < -0.39 is 9.84 Å². The van der Waals surface area contributed by atoms with Gasteiger partial charge in [-0.05, 0) is 24.1 Å². The van der Waals surface area contributed by atoms with E-state index in [9.17, 15) is 13.2 Å². The fraction of sp³-hybridized carbons (Fsp3) is 0.357. The highest BCUT2D eigenvalue weighted by Gasteiger charge is 2.23. The molecule has 0 bridgehead atoms. The molecule has 102 valence electrons. The zero-order valence-corrected chi connectivity index (χ0v) is 11.6. The number of anilines is 1. The Bertz CT molecular complexity index is 588. The molecule has 19 heavy (non-hydrogen) atoms. The van der Waals surface area contributed by atoms with Gasteiger partial charge in [-0.1, -0.05) is 25.1 Å². The highest BCUT2D eigenvalue weighted by molar-refractivity contribution is 7.94. The molecule has 1 heterocycles. The monoisotopic (exact) mass is 279 g/mol. The molecular formula is C14H17NO3S. The predicted octanol–water partition coefficient (Wildman–Crippen LogP) is 2.14. The van der Waals surface area contributed by atoms with Crippen LogP contribution in [0.25, 0.3) is 0 Å². The maximum atomic E-state index is 11.8. The van der Waals surface area contributed by atoms with E-state index in [-0.39, 0.29) is 24.0 Å². The first kappa shape index (κ1) is 13.8. The standard InChI is InChI=1S/C14H17NO3S/c1-2-11-3-5-13(6-4-11)15-14(16)9-12-7-8-19(17,18)10-12/h3-8,12H,2,9-10H2,1H3,(H,15,16). The molecule has 0 radical (unpaired) electrons. The van der Waals surface area contributed by atoms with Crippen molar-refractivity contribution in [1.82, 2.24) is 0 Å². The topological polar surface area (TPSA) is 63.2 Å². The summed E-state index contributed by atoms with van der Waals surface area (Å²) < 4.78 is 22.5. The summed E-state index contributed by atoms with van der Waals surface area (Å²) in [5, 5.41) is 3.98. The Hall–Kier alpha value is -1.62. The molecule has 0 fully saturated rings. The lowest BCUT2D eigenvalue weighted by Crippen LogP contribution is -2.17.